The Labute approximate surface area is 118 Å². The lowest BCUT2D eigenvalue weighted by Gasteiger charge is -2.12. The third-order valence-corrected chi connectivity index (χ3v) is 3.45. The lowest BCUT2D eigenvalue weighted by molar-refractivity contribution is 0.470. The summed E-state index contributed by atoms with van der Waals surface area (Å²) in [6.45, 7) is 0.309. The first kappa shape index (κ1) is 13.3. The highest BCUT2D eigenvalue weighted by Gasteiger charge is 2.10. The van der Waals surface area contributed by atoms with Crippen LogP contribution in [0.25, 0.3) is 0 Å². The summed E-state index contributed by atoms with van der Waals surface area (Å²) < 4.78 is 19.6. The van der Waals surface area contributed by atoms with E-state index in [0.29, 0.717) is 17.3 Å². The fourth-order valence-corrected chi connectivity index (χ4v) is 2.17. The lowest BCUT2D eigenvalue weighted by atomic mass is 10.2. The molecule has 0 aromatic heterocycles. The predicted octanol–water partition coefficient (Wildman–Crippen LogP) is 4.49. The maximum atomic E-state index is 13.1. The van der Waals surface area contributed by atoms with Gasteiger partial charge in [0.2, 0.25) is 0 Å². The molecule has 2 nitrogen and oxygen atoms in total. The fourth-order valence-electron chi connectivity index (χ4n) is 1.51. The third kappa shape index (κ3) is 2.83. The molecule has 0 aliphatic carbocycles. The van der Waals surface area contributed by atoms with Gasteiger partial charge in [-0.15, -0.1) is 0 Å². The van der Waals surface area contributed by atoms with E-state index in [-0.39, 0.29) is 5.75 Å². The van der Waals surface area contributed by atoms with Crippen LogP contribution >= 0.6 is 27.5 Å². The summed E-state index contributed by atoms with van der Waals surface area (Å²) in [6, 6.07) is 9.40. The zero-order valence-electron chi connectivity index (χ0n) is 9.29. The molecule has 94 valence electrons. The molecular weight excluding hydrogens is 321 g/mol. The van der Waals surface area contributed by atoms with Crippen molar-refractivity contribution in [3.8, 4) is 11.5 Å². The monoisotopic (exact) mass is 329 g/mol. The van der Waals surface area contributed by atoms with Crippen LogP contribution in [0.15, 0.2) is 40.9 Å². The van der Waals surface area contributed by atoms with E-state index in [4.69, 9.17) is 22.1 Å². The van der Waals surface area contributed by atoms with E-state index in [0.717, 1.165) is 10.0 Å². The van der Waals surface area contributed by atoms with Crippen LogP contribution in [-0.4, -0.2) is 0 Å². The summed E-state index contributed by atoms with van der Waals surface area (Å²) in [6.07, 6.45) is 0. The van der Waals surface area contributed by atoms with Crippen molar-refractivity contribution in [3.63, 3.8) is 0 Å². The van der Waals surface area contributed by atoms with Gasteiger partial charge in [0.05, 0.1) is 5.02 Å². The molecule has 0 atom stereocenters. The summed E-state index contributed by atoms with van der Waals surface area (Å²) in [5, 5.41) is 0.347. The van der Waals surface area contributed by atoms with Crippen LogP contribution in [0.2, 0.25) is 5.02 Å². The van der Waals surface area contributed by atoms with Gasteiger partial charge in [0.25, 0.3) is 0 Å². The zero-order valence-corrected chi connectivity index (χ0v) is 11.6. The molecule has 18 heavy (non-hydrogen) atoms. The molecule has 0 saturated heterocycles. The third-order valence-electron chi connectivity index (χ3n) is 2.39. The van der Waals surface area contributed by atoms with Crippen molar-refractivity contribution in [2.24, 2.45) is 5.73 Å². The molecule has 0 aliphatic rings. The average Bonchev–Trinajstić information content (AvgIpc) is 2.34. The summed E-state index contributed by atoms with van der Waals surface area (Å²) in [5.41, 5.74) is 6.46. The Morgan fingerprint density at radius 2 is 2.00 bits per heavy atom. The van der Waals surface area contributed by atoms with Crippen molar-refractivity contribution < 1.29 is 9.13 Å². The van der Waals surface area contributed by atoms with E-state index in [1.807, 2.05) is 12.1 Å². The van der Waals surface area contributed by atoms with Crippen LogP contribution in [0.3, 0.4) is 0 Å². The van der Waals surface area contributed by atoms with Gasteiger partial charge in [0.1, 0.15) is 17.3 Å². The molecule has 2 N–H and O–H groups in total. The van der Waals surface area contributed by atoms with Gasteiger partial charge in [0.15, 0.2) is 0 Å². The van der Waals surface area contributed by atoms with Crippen LogP contribution in [0.5, 0.6) is 11.5 Å². The summed E-state index contributed by atoms with van der Waals surface area (Å²) in [4.78, 5) is 0. The Kier molecular flexibility index (Phi) is 4.22. The second-order valence-corrected chi connectivity index (χ2v) is 4.86. The van der Waals surface area contributed by atoms with Crippen LogP contribution in [0, 0.1) is 5.82 Å². The minimum atomic E-state index is -0.404. The van der Waals surface area contributed by atoms with Gasteiger partial charge < -0.3 is 10.5 Å². The van der Waals surface area contributed by atoms with Crippen LogP contribution in [0.4, 0.5) is 4.39 Å². The first-order valence-corrected chi connectivity index (χ1v) is 6.39. The Morgan fingerprint density at radius 3 is 2.72 bits per heavy atom. The smallest absolute Gasteiger partial charge is 0.148 e. The molecule has 0 unspecified atom stereocenters. The molecule has 0 amide bonds. The van der Waals surface area contributed by atoms with E-state index in [1.54, 1.807) is 6.07 Å². The number of nitrogens with two attached hydrogens (primary N) is 1. The molecule has 0 heterocycles. The van der Waals surface area contributed by atoms with Gasteiger partial charge in [-0.25, -0.2) is 4.39 Å². The standard InChI is InChI=1S/C13H10BrClFNO/c14-10-2-1-3-12(9(10)7-17)18-13-6-8(16)4-5-11(13)15/h1-6H,7,17H2. The molecule has 0 spiro atoms. The Morgan fingerprint density at radius 1 is 1.22 bits per heavy atom. The molecule has 0 aliphatic heterocycles. The maximum absolute atomic E-state index is 13.1. The highest BCUT2D eigenvalue weighted by molar-refractivity contribution is 9.10. The molecule has 0 radical (unpaired) electrons. The van der Waals surface area contributed by atoms with Gasteiger partial charge in [-0.2, -0.15) is 0 Å². The quantitative estimate of drug-likeness (QED) is 0.899. The summed E-state index contributed by atoms with van der Waals surface area (Å²) in [5.74, 6) is 0.419. The van der Waals surface area contributed by atoms with Crippen molar-refractivity contribution in [2.45, 2.75) is 6.54 Å². The molecule has 2 rings (SSSR count). The highest BCUT2D eigenvalue weighted by atomic mass is 79.9. The van der Waals surface area contributed by atoms with E-state index in [9.17, 15) is 4.39 Å². The van der Waals surface area contributed by atoms with Crippen LogP contribution in [0.1, 0.15) is 5.56 Å². The number of halogens is 3. The van der Waals surface area contributed by atoms with Gasteiger partial charge in [-0.3, -0.25) is 0 Å². The zero-order chi connectivity index (χ0) is 13.1. The first-order valence-electron chi connectivity index (χ1n) is 5.22. The van der Waals surface area contributed by atoms with Crippen molar-refractivity contribution in [3.05, 3.63) is 57.3 Å². The van der Waals surface area contributed by atoms with E-state index in [2.05, 4.69) is 15.9 Å². The minimum absolute atomic E-state index is 0.268. The average molecular weight is 331 g/mol. The minimum Gasteiger partial charge on any atom is -0.455 e. The topological polar surface area (TPSA) is 35.2 Å². The van der Waals surface area contributed by atoms with E-state index in [1.165, 1.54) is 18.2 Å². The first-order chi connectivity index (χ1) is 8.61. The fraction of sp³-hybridized carbons (Fsp3) is 0.0769. The van der Waals surface area contributed by atoms with E-state index >= 15 is 0 Å². The lowest BCUT2D eigenvalue weighted by Crippen LogP contribution is -2.00. The molecule has 5 heteroatoms. The largest absolute Gasteiger partial charge is 0.455 e. The number of rotatable bonds is 3. The van der Waals surface area contributed by atoms with Gasteiger partial charge >= 0.3 is 0 Å². The number of hydrogen-bond donors (Lipinski definition) is 1. The van der Waals surface area contributed by atoms with Crippen molar-refractivity contribution in [1.29, 1.82) is 0 Å². The van der Waals surface area contributed by atoms with Gasteiger partial charge in [0, 0.05) is 22.6 Å². The van der Waals surface area contributed by atoms with Crippen molar-refractivity contribution >= 4 is 27.5 Å². The number of benzene rings is 2. The van der Waals surface area contributed by atoms with Gasteiger partial charge in [-0.05, 0) is 24.3 Å². The molecule has 2 aromatic rings. The summed E-state index contributed by atoms with van der Waals surface area (Å²) >= 11 is 9.33. The van der Waals surface area contributed by atoms with Crippen molar-refractivity contribution in [1.82, 2.24) is 0 Å². The molecular formula is C13H10BrClFNO. The SMILES string of the molecule is NCc1c(Br)cccc1Oc1cc(F)ccc1Cl. The Balaban J connectivity index is 2.40. The molecule has 0 bridgehead atoms. The van der Waals surface area contributed by atoms with E-state index < -0.39 is 5.82 Å². The van der Waals surface area contributed by atoms with Crippen LogP contribution in [-0.2, 0) is 6.54 Å². The molecule has 0 fully saturated rings. The number of ether oxygens (including phenoxy) is 1. The Hall–Kier alpha value is -1.10. The predicted molar refractivity (Wildman–Crippen MR) is 73.5 cm³/mol. The van der Waals surface area contributed by atoms with Crippen LogP contribution < -0.4 is 10.5 Å². The summed E-state index contributed by atoms with van der Waals surface area (Å²) in [7, 11) is 0. The maximum Gasteiger partial charge on any atom is 0.148 e. The van der Waals surface area contributed by atoms with Gasteiger partial charge in [-0.1, -0.05) is 33.6 Å². The molecule has 0 saturated carbocycles. The second kappa shape index (κ2) is 5.69. The Bertz CT molecular complexity index is 577. The van der Waals surface area contributed by atoms with Crippen molar-refractivity contribution in [2.75, 3.05) is 0 Å². The number of hydrogen-bond acceptors (Lipinski definition) is 2. The highest BCUT2D eigenvalue weighted by Crippen LogP contribution is 2.34. The molecule has 2 aromatic carbocycles. The second-order valence-electron chi connectivity index (χ2n) is 3.60. The normalized spacial score (nSPS) is 10.4.